The minimum absolute atomic E-state index is 0.237. The van der Waals surface area contributed by atoms with E-state index < -0.39 is 11.7 Å². The number of anilines is 2. The Bertz CT molecular complexity index is 1170. The number of nitrogens with one attached hydrogen (secondary N) is 2. The predicted octanol–water partition coefficient (Wildman–Crippen LogP) is 3.10. The van der Waals surface area contributed by atoms with Gasteiger partial charge in [-0.05, 0) is 49.4 Å². The highest BCUT2D eigenvalue weighted by molar-refractivity contribution is 5.93. The molecule has 8 nitrogen and oxygen atoms in total. The minimum Gasteiger partial charge on any atom is -0.324 e. The number of amides is 1. The Morgan fingerprint density at radius 2 is 1.93 bits per heavy atom. The third-order valence-electron chi connectivity index (χ3n) is 4.18. The normalized spacial score (nSPS) is 10.8. The molecular weight excluding hydrogens is 363 g/mol. The van der Waals surface area contributed by atoms with E-state index in [0.29, 0.717) is 34.3 Å². The van der Waals surface area contributed by atoms with Crippen LogP contribution in [0.3, 0.4) is 0 Å². The number of fused-ring (bicyclic) bond motifs is 1. The van der Waals surface area contributed by atoms with Gasteiger partial charge in [-0.3, -0.25) is 14.4 Å². The molecule has 3 aromatic heterocycles. The third kappa shape index (κ3) is 3.14. The Morgan fingerprint density at radius 1 is 1.14 bits per heavy atom. The molecule has 4 rings (SSSR count). The summed E-state index contributed by atoms with van der Waals surface area (Å²) in [7, 11) is 0. The van der Waals surface area contributed by atoms with Gasteiger partial charge in [0, 0.05) is 23.6 Å². The number of hydrogen-bond donors (Lipinski definition) is 3. The van der Waals surface area contributed by atoms with Crippen molar-refractivity contribution in [3.8, 4) is 11.4 Å². The molecule has 1 amide bonds. The number of carbonyl (C=O) groups is 1. The van der Waals surface area contributed by atoms with E-state index in [0.717, 1.165) is 0 Å². The predicted molar refractivity (Wildman–Crippen MR) is 99.9 cm³/mol. The van der Waals surface area contributed by atoms with Crippen molar-refractivity contribution < 1.29 is 14.4 Å². The van der Waals surface area contributed by atoms with Crippen molar-refractivity contribution >= 4 is 23.2 Å². The Kier molecular flexibility index (Phi) is 4.42. The van der Waals surface area contributed by atoms with E-state index in [2.05, 4.69) is 20.3 Å². The Labute approximate surface area is 158 Å². The van der Waals surface area contributed by atoms with Crippen LogP contribution in [0.15, 0.2) is 54.9 Å². The van der Waals surface area contributed by atoms with Gasteiger partial charge in [0.15, 0.2) is 11.5 Å². The SMILES string of the molecule is Cc1nc2c(F)cccn2c1-c1ccnc(Nc2ccc(C(=O)NO)cc2)n1. The molecule has 4 aromatic rings. The van der Waals surface area contributed by atoms with Crippen LogP contribution < -0.4 is 10.8 Å². The zero-order chi connectivity index (χ0) is 19.7. The van der Waals surface area contributed by atoms with Crippen molar-refractivity contribution in [2.24, 2.45) is 0 Å². The zero-order valence-corrected chi connectivity index (χ0v) is 14.7. The van der Waals surface area contributed by atoms with Gasteiger partial charge in [-0.25, -0.2) is 24.8 Å². The van der Waals surface area contributed by atoms with Gasteiger partial charge in [0.25, 0.3) is 5.91 Å². The first-order valence-corrected chi connectivity index (χ1v) is 8.35. The fraction of sp³-hybridized carbons (Fsp3) is 0.0526. The molecule has 0 atom stereocenters. The van der Waals surface area contributed by atoms with Crippen LogP contribution in [0, 0.1) is 12.7 Å². The topological polar surface area (TPSA) is 104 Å². The summed E-state index contributed by atoms with van der Waals surface area (Å²) in [5.74, 6) is -0.668. The highest BCUT2D eigenvalue weighted by Gasteiger charge is 2.15. The fourth-order valence-electron chi connectivity index (χ4n) is 2.91. The Balaban J connectivity index is 1.67. The highest BCUT2D eigenvalue weighted by Crippen LogP contribution is 2.25. The average molecular weight is 378 g/mol. The number of benzene rings is 1. The molecule has 0 spiro atoms. The number of pyridine rings is 1. The van der Waals surface area contributed by atoms with Crippen LogP contribution in [0.4, 0.5) is 16.0 Å². The van der Waals surface area contributed by atoms with E-state index in [1.807, 2.05) is 0 Å². The first-order chi connectivity index (χ1) is 13.6. The van der Waals surface area contributed by atoms with Crippen LogP contribution in [0.5, 0.6) is 0 Å². The molecule has 28 heavy (non-hydrogen) atoms. The van der Waals surface area contributed by atoms with Crippen molar-refractivity contribution in [3.05, 3.63) is 71.9 Å². The zero-order valence-electron chi connectivity index (χ0n) is 14.7. The lowest BCUT2D eigenvalue weighted by Gasteiger charge is -2.08. The number of aromatic nitrogens is 4. The van der Waals surface area contributed by atoms with Gasteiger partial charge in [0.2, 0.25) is 5.95 Å². The van der Waals surface area contributed by atoms with Crippen molar-refractivity contribution in [2.45, 2.75) is 6.92 Å². The molecule has 140 valence electrons. The minimum atomic E-state index is -0.597. The van der Waals surface area contributed by atoms with Gasteiger partial charge < -0.3 is 5.32 Å². The van der Waals surface area contributed by atoms with Crippen molar-refractivity contribution in [1.29, 1.82) is 0 Å². The smallest absolute Gasteiger partial charge is 0.274 e. The van der Waals surface area contributed by atoms with Gasteiger partial charge >= 0.3 is 0 Å². The summed E-state index contributed by atoms with van der Waals surface area (Å²) in [4.78, 5) is 24.4. The molecule has 0 aliphatic carbocycles. The maximum Gasteiger partial charge on any atom is 0.274 e. The molecule has 0 aliphatic rings. The number of rotatable bonds is 4. The molecule has 0 aliphatic heterocycles. The van der Waals surface area contributed by atoms with Gasteiger partial charge in [-0.2, -0.15) is 0 Å². The fourth-order valence-corrected chi connectivity index (χ4v) is 2.91. The van der Waals surface area contributed by atoms with Crippen LogP contribution >= 0.6 is 0 Å². The number of hydroxylamine groups is 1. The third-order valence-corrected chi connectivity index (χ3v) is 4.18. The van der Waals surface area contributed by atoms with Crippen LogP contribution in [0.2, 0.25) is 0 Å². The highest BCUT2D eigenvalue weighted by atomic mass is 19.1. The second-order valence-electron chi connectivity index (χ2n) is 6.00. The standard InChI is InChI=1S/C19H15FN6O2/c1-11-16(26-10-2-3-14(20)17(26)22-11)15-8-9-21-19(24-15)23-13-6-4-12(5-7-13)18(27)25-28/h2-10,28H,1H3,(H,25,27)(H,21,23,24). The lowest BCUT2D eigenvalue weighted by Crippen LogP contribution is -2.18. The van der Waals surface area contributed by atoms with Gasteiger partial charge in [-0.1, -0.05) is 0 Å². The van der Waals surface area contributed by atoms with Crippen LogP contribution in [0.1, 0.15) is 16.1 Å². The van der Waals surface area contributed by atoms with Crippen molar-refractivity contribution in [3.63, 3.8) is 0 Å². The second kappa shape index (κ2) is 7.05. The molecule has 0 saturated carbocycles. The molecule has 0 bridgehead atoms. The van der Waals surface area contributed by atoms with Gasteiger partial charge in [-0.15, -0.1) is 0 Å². The molecule has 0 radical (unpaired) electrons. The molecular formula is C19H15FN6O2. The first-order valence-electron chi connectivity index (χ1n) is 8.35. The van der Waals surface area contributed by atoms with E-state index in [9.17, 15) is 9.18 Å². The summed E-state index contributed by atoms with van der Waals surface area (Å²) in [6.07, 6.45) is 3.32. The maximum absolute atomic E-state index is 14.0. The molecule has 9 heteroatoms. The Hall–Kier alpha value is -3.85. The summed E-state index contributed by atoms with van der Waals surface area (Å²) < 4.78 is 15.7. The number of hydrogen-bond acceptors (Lipinski definition) is 6. The van der Waals surface area contributed by atoms with E-state index in [1.165, 1.54) is 6.07 Å². The molecule has 0 saturated heterocycles. The summed E-state index contributed by atoms with van der Waals surface area (Å²) in [5, 5.41) is 11.7. The number of halogens is 1. The lowest BCUT2D eigenvalue weighted by atomic mass is 10.2. The number of nitrogens with zero attached hydrogens (tertiary/aromatic N) is 4. The number of imidazole rings is 1. The monoisotopic (exact) mass is 378 g/mol. The quantitative estimate of drug-likeness (QED) is 0.372. The van der Waals surface area contributed by atoms with E-state index >= 15 is 0 Å². The van der Waals surface area contributed by atoms with E-state index in [4.69, 9.17) is 5.21 Å². The van der Waals surface area contributed by atoms with Crippen LogP contribution in [0.25, 0.3) is 17.0 Å². The second-order valence-corrected chi connectivity index (χ2v) is 6.00. The molecule has 1 aromatic carbocycles. The summed E-state index contributed by atoms with van der Waals surface area (Å²) >= 11 is 0. The van der Waals surface area contributed by atoms with E-state index in [-0.39, 0.29) is 5.65 Å². The molecule has 0 fully saturated rings. The Morgan fingerprint density at radius 3 is 2.68 bits per heavy atom. The van der Waals surface area contributed by atoms with Crippen LogP contribution in [-0.2, 0) is 0 Å². The average Bonchev–Trinajstić information content (AvgIpc) is 3.05. The van der Waals surface area contributed by atoms with Crippen molar-refractivity contribution in [1.82, 2.24) is 24.8 Å². The van der Waals surface area contributed by atoms with Crippen molar-refractivity contribution in [2.75, 3.05) is 5.32 Å². The maximum atomic E-state index is 14.0. The first kappa shape index (κ1) is 17.6. The summed E-state index contributed by atoms with van der Waals surface area (Å²) in [6, 6.07) is 11.1. The molecule has 3 heterocycles. The van der Waals surface area contributed by atoms with Gasteiger partial charge in [0.05, 0.1) is 17.1 Å². The van der Waals surface area contributed by atoms with E-state index in [1.54, 1.807) is 65.6 Å². The number of carbonyl (C=O) groups excluding carboxylic acids is 1. The largest absolute Gasteiger partial charge is 0.324 e. The van der Waals surface area contributed by atoms with Gasteiger partial charge in [0.1, 0.15) is 0 Å². The summed E-state index contributed by atoms with van der Waals surface area (Å²) in [6.45, 7) is 1.79. The van der Waals surface area contributed by atoms with Crippen LogP contribution in [-0.4, -0.2) is 30.5 Å². The summed E-state index contributed by atoms with van der Waals surface area (Å²) in [5.41, 5.74) is 4.70. The molecule has 0 unspecified atom stereocenters. The number of aryl methyl sites for hydroxylation is 1. The molecule has 3 N–H and O–H groups in total. The lowest BCUT2D eigenvalue weighted by molar-refractivity contribution is 0.0706.